The zero-order valence-electron chi connectivity index (χ0n) is 17.8. The first kappa shape index (κ1) is 26.6. The van der Waals surface area contributed by atoms with E-state index >= 15 is 0 Å². The highest BCUT2D eigenvalue weighted by Crippen LogP contribution is 2.33. The predicted molar refractivity (Wildman–Crippen MR) is 122 cm³/mol. The van der Waals surface area contributed by atoms with Crippen LogP contribution in [0, 0.1) is 11.6 Å². The van der Waals surface area contributed by atoms with Gasteiger partial charge in [-0.25, -0.2) is 21.9 Å². The molecule has 1 aliphatic rings. The van der Waals surface area contributed by atoms with E-state index in [0.29, 0.717) is 24.3 Å². The number of methoxy groups -OCH3 is 2. The van der Waals surface area contributed by atoms with Crippen molar-refractivity contribution in [1.82, 2.24) is 9.62 Å². The van der Waals surface area contributed by atoms with Gasteiger partial charge in [-0.1, -0.05) is 11.6 Å². The molecule has 0 atom stereocenters. The number of unbranched alkanes of at least 4 members (excludes halogenated alkanes) is 1. The molecule has 6 nitrogen and oxygen atoms in total. The van der Waals surface area contributed by atoms with Crippen molar-refractivity contribution in [3.8, 4) is 11.5 Å². The summed E-state index contributed by atoms with van der Waals surface area (Å²) in [5, 5.41) is -0.462. The third kappa shape index (κ3) is 6.23. The molecule has 0 bridgehead atoms. The van der Waals surface area contributed by atoms with Gasteiger partial charge in [0.05, 0.1) is 19.2 Å². The lowest BCUT2D eigenvalue weighted by atomic mass is 9.98. The Kier molecular flexibility index (Phi) is 9.53. The molecule has 2 aromatic rings. The molecule has 0 unspecified atom stereocenters. The molecular weight excluding hydrogens is 485 g/mol. The molecule has 0 saturated carbocycles. The predicted octanol–water partition coefficient (Wildman–Crippen LogP) is 4.17. The van der Waals surface area contributed by atoms with Crippen LogP contribution in [0.3, 0.4) is 0 Å². The number of halogens is 4. The van der Waals surface area contributed by atoms with Gasteiger partial charge in [0, 0.05) is 19.6 Å². The highest BCUT2D eigenvalue weighted by molar-refractivity contribution is 7.89. The molecular formula is C21H26Cl2F2N2O4S. The fourth-order valence-corrected chi connectivity index (χ4v) is 4.88. The molecule has 1 heterocycles. The van der Waals surface area contributed by atoms with Gasteiger partial charge in [-0.3, -0.25) is 4.90 Å². The highest BCUT2D eigenvalue weighted by Gasteiger charge is 2.22. The molecule has 178 valence electrons. The fraction of sp³-hybridized carbons (Fsp3) is 0.429. The molecule has 2 aromatic carbocycles. The lowest BCUT2D eigenvalue weighted by Crippen LogP contribution is -2.32. The van der Waals surface area contributed by atoms with E-state index in [1.807, 2.05) is 12.1 Å². The van der Waals surface area contributed by atoms with E-state index in [1.54, 1.807) is 14.2 Å². The van der Waals surface area contributed by atoms with Crippen LogP contribution in [0.15, 0.2) is 29.2 Å². The van der Waals surface area contributed by atoms with Gasteiger partial charge >= 0.3 is 0 Å². The van der Waals surface area contributed by atoms with Crippen LogP contribution in [-0.2, 0) is 23.0 Å². The lowest BCUT2D eigenvalue weighted by molar-refractivity contribution is 0.248. The molecule has 3 rings (SSSR count). The maximum atomic E-state index is 13.9. The second-order valence-electron chi connectivity index (χ2n) is 7.30. The van der Waals surface area contributed by atoms with E-state index in [1.165, 1.54) is 11.1 Å². The molecule has 0 aliphatic carbocycles. The smallest absolute Gasteiger partial charge is 0.243 e. The second-order valence-corrected chi connectivity index (χ2v) is 9.45. The van der Waals surface area contributed by atoms with Crippen LogP contribution in [0.2, 0.25) is 5.02 Å². The topological polar surface area (TPSA) is 67.9 Å². The summed E-state index contributed by atoms with van der Waals surface area (Å²) in [6, 6.07) is 5.26. The number of fused-ring (bicyclic) bond motifs is 1. The number of ether oxygens (including phenoxy) is 2. The Labute approximate surface area is 198 Å². The Morgan fingerprint density at radius 2 is 1.69 bits per heavy atom. The van der Waals surface area contributed by atoms with Crippen molar-refractivity contribution in [2.45, 2.75) is 30.7 Å². The van der Waals surface area contributed by atoms with E-state index < -0.39 is 31.6 Å². The maximum Gasteiger partial charge on any atom is 0.243 e. The molecule has 0 aromatic heterocycles. The number of benzene rings is 2. The highest BCUT2D eigenvalue weighted by atomic mass is 35.5. The summed E-state index contributed by atoms with van der Waals surface area (Å²) in [6.45, 7) is 2.58. The van der Waals surface area contributed by atoms with Crippen molar-refractivity contribution >= 4 is 34.0 Å². The van der Waals surface area contributed by atoms with Crippen molar-refractivity contribution in [2.75, 3.05) is 33.9 Å². The maximum absolute atomic E-state index is 13.9. The van der Waals surface area contributed by atoms with Crippen LogP contribution in [0.1, 0.15) is 24.0 Å². The van der Waals surface area contributed by atoms with Gasteiger partial charge in [-0.2, -0.15) is 0 Å². The molecule has 1 aliphatic heterocycles. The number of rotatable bonds is 9. The van der Waals surface area contributed by atoms with E-state index in [2.05, 4.69) is 9.62 Å². The van der Waals surface area contributed by atoms with E-state index in [-0.39, 0.29) is 19.0 Å². The quantitative estimate of drug-likeness (QED) is 0.405. The number of sulfonamides is 1. The average molecular weight is 511 g/mol. The van der Waals surface area contributed by atoms with Gasteiger partial charge in [0.1, 0.15) is 16.5 Å². The second kappa shape index (κ2) is 11.5. The molecule has 0 amide bonds. The van der Waals surface area contributed by atoms with Gasteiger partial charge in [-0.05, 0) is 61.2 Å². The normalized spacial score (nSPS) is 13.9. The van der Waals surface area contributed by atoms with Crippen LogP contribution in [0.5, 0.6) is 11.5 Å². The van der Waals surface area contributed by atoms with Crippen molar-refractivity contribution < 1.29 is 26.7 Å². The SMILES string of the molecule is COc1cc2c(cc1OC)CN(CCCCNS(=O)(=O)c1cc(F)c(Cl)cc1F)CC2.Cl. The van der Waals surface area contributed by atoms with Gasteiger partial charge in [0.25, 0.3) is 0 Å². The van der Waals surface area contributed by atoms with Gasteiger partial charge in [-0.15, -0.1) is 12.4 Å². The third-order valence-corrected chi connectivity index (χ3v) is 7.02. The largest absolute Gasteiger partial charge is 0.493 e. The van der Waals surface area contributed by atoms with E-state index in [9.17, 15) is 17.2 Å². The van der Waals surface area contributed by atoms with Crippen molar-refractivity contribution in [3.63, 3.8) is 0 Å². The van der Waals surface area contributed by atoms with Crippen molar-refractivity contribution in [3.05, 3.63) is 52.0 Å². The van der Waals surface area contributed by atoms with Gasteiger partial charge in [0.2, 0.25) is 10.0 Å². The molecule has 0 spiro atoms. The lowest BCUT2D eigenvalue weighted by Gasteiger charge is -2.29. The summed E-state index contributed by atoms with van der Waals surface area (Å²) in [7, 11) is -0.929. The fourth-order valence-electron chi connectivity index (χ4n) is 3.59. The number of nitrogens with zero attached hydrogens (tertiary/aromatic N) is 1. The Morgan fingerprint density at radius 1 is 1.03 bits per heavy atom. The minimum atomic E-state index is -4.15. The molecule has 0 saturated heterocycles. The first-order valence-corrected chi connectivity index (χ1v) is 11.7. The summed E-state index contributed by atoms with van der Waals surface area (Å²) >= 11 is 5.47. The molecule has 0 fully saturated rings. The van der Waals surface area contributed by atoms with Crippen LogP contribution < -0.4 is 14.2 Å². The zero-order valence-corrected chi connectivity index (χ0v) is 20.2. The summed E-state index contributed by atoms with van der Waals surface area (Å²) in [5.74, 6) is -0.650. The van der Waals surface area contributed by atoms with Crippen LogP contribution in [0.4, 0.5) is 8.78 Å². The standard InChI is InChI=1S/C21H25ClF2N2O4S.ClH/c1-29-19-9-14-5-8-26(13-15(14)10-20(19)30-2)7-4-3-6-25-31(27,28)21-12-17(23)16(22)11-18(21)24;/h9-12,25H,3-8,13H2,1-2H3;1H. The summed E-state index contributed by atoms with van der Waals surface area (Å²) in [5.41, 5.74) is 2.42. The number of nitrogens with one attached hydrogen (secondary N) is 1. The summed E-state index contributed by atoms with van der Waals surface area (Å²) in [4.78, 5) is 1.54. The zero-order chi connectivity index (χ0) is 22.6. The van der Waals surface area contributed by atoms with Gasteiger partial charge < -0.3 is 9.47 Å². The Balaban J connectivity index is 0.00000363. The minimum Gasteiger partial charge on any atom is -0.493 e. The van der Waals surface area contributed by atoms with Crippen molar-refractivity contribution in [1.29, 1.82) is 0 Å². The average Bonchev–Trinajstić information content (AvgIpc) is 2.74. The van der Waals surface area contributed by atoms with Crippen LogP contribution in [-0.4, -0.2) is 47.2 Å². The van der Waals surface area contributed by atoms with E-state index in [0.717, 1.165) is 38.2 Å². The van der Waals surface area contributed by atoms with Crippen molar-refractivity contribution in [2.24, 2.45) is 0 Å². The van der Waals surface area contributed by atoms with Crippen LogP contribution >= 0.6 is 24.0 Å². The molecule has 11 heteroatoms. The monoisotopic (exact) mass is 510 g/mol. The Bertz CT molecular complexity index is 1050. The Morgan fingerprint density at radius 3 is 2.34 bits per heavy atom. The van der Waals surface area contributed by atoms with Gasteiger partial charge in [0.15, 0.2) is 11.5 Å². The first-order valence-electron chi connectivity index (χ1n) is 9.85. The summed E-state index contributed by atoms with van der Waals surface area (Å²) < 4.78 is 64.9. The van der Waals surface area contributed by atoms with E-state index in [4.69, 9.17) is 21.1 Å². The van der Waals surface area contributed by atoms with Crippen LogP contribution in [0.25, 0.3) is 0 Å². The Hall–Kier alpha value is -1.65. The molecule has 1 N–H and O–H groups in total. The third-order valence-electron chi connectivity index (χ3n) is 5.25. The summed E-state index contributed by atoms with van der Waals surface area (Å²) in [6.07, 6.45) is 2.21. The minimum absolute atomic E-state index is 0. The number of hydrogen-bond acceptors (Lipinski definition) is 5. The molecule has 0 radical (unpaired) electrons. The first-order chi connectivity index (χ1) is 14.7. The molecule has 32 heavy (non-hydrogen) atoms. The number of hydrogen-bond donors (Lipinski definition) is 1.